The Kier molecular flexibility index (Phi) is 7.09. The molecule has 0 saturated carbocycles. The number of carbonyl (C=O) groups excluding carboxylic acids is 1. The predicted octanol–water partition coefficient (Wildman–Crippen LogP) is 0.926. The van der Waals surface area contributed by atoms with Gasteiger partial charge in [-0.15, -0.1) is 0 Å². The van der Waals surface area contributed by atoms with Crippen LogP contribution in [0, 0.1) is 0 Å². The maximum absolute atomic E-state index is 11.5. The first-order chi connectivity index (χ1) is 6.13. The fourth-order valence-electron chi connectivity index (χ4n) is 1.07. The van der Waals surface area contributed by atoms with E-state index in [0.29, 0.717) is 6.54 Å². The Morgan fingerprint density at radius 2 is 2.15 bits per heavy atom. The van der Waals surface area contributed by atoms with Crippen LogP contribution in [0.15, 0.2) is 0 Å². The van der Waals surface area contributed by atoms with E-state index in [2.05, 4.69) is 19.6 Å². The van der Waals surface area contributed by atoms with Crippen molar-refractivity contribution in [3.05, 3.63) is 0 Å². The van der Waals surface area contributed by atoms with Crippen molar-refractivity contribution in [2.24, 2.45) is 0 Å². The van der Waals surface area contributed by atoms with Crippen molar-refractivity contribution in [3.8, 4) is 0 Å². The SMILES string of the molecule is CCCCN(CCO)C(=O)C(C)S. The minimum absolute atomic E-state index is 0.00540. The van der Waals surface area contributed by atoms with Gasteiger partial charge in [-0.1, -0.05) is 13.3 Å². The number of carbonyl (C=O) groups is 1. The first-order valence-corrected chi connectivity index (χ1v) is 5.22. The zero-order valence-corrected chi connectivity index (χ0v) is 9.26. The molecule has 0 aliphatic rings. The topological polar surface area (TPSA) is 40.5 Å². The first kappa shape index (κ1) is 12.8. The standard InChI is InChI=1S/C9H19NO2S/c1-3-4-5-10(6-7-11)9(12)8(2)13/h8,11,13H,3-7H2,1-2H3. The summed E-state index contributed by atoms with van der Waals surface area (Å²) in [6, 6.07) is 0. The molecule has 0 saturated heterocycles. The van der Waals surface area contributed by atoms with E-state index >= 15 is 0 Å². The Morgan fingerprint density at radius 3 is 2.54 bits per heavy atom. The van der Waals surface area contributed by atoms with Gasteiger partial charge >= 0.3 is 0 Å². The summed E-state index contributed by atoms with van der Waals surface area (Å²) in [6.07, 6.45) is 2.03. The third-order valence-electron chi connectivity index (χ3n) is 1.82. The van der Waals surface area contributed by atoms with Crippen LogP contribution >= 0.6 is 12.6 Å². The van der Waals surface area contributed by atoms with Gasteiger partial charge in [0.25, 0.3) is 0 Å². The summed E-state index contributed by atoms with van der Waals surface area (Å²) < 4.78 is 0. The molecule has 1 unspecified atom stereocenters. The molecule has 0 aromatic carbocycles. The zero-order chi connectivity index (χ0) is 10.3. The van der Waals surface area contributed by atoms with E-state index in [1.807, 2.05) is 0 Å². The van der Waals surface area contributed by atoms with E-state index in [1.165, 1.54) is 0 Å². The molecule has 1 atom stereocenters. The summed E-state index contributed by atoms with van der Waals surface area (Å²) >= 11 is 4.07. The van der Waals surface area contributed by atoms with E-state index < -0.39 is 0 Å². The second kappa shape index (κ2) is 7.21. The maximum Gasteiger partial charge on any atom is 0.235 e. The van der Waals surface area contributed by atoms with Gasteiger partial charge in [-0.2, -0.15) is 12.6 Å². The van der Waals surface area contributed by atoms with E-state index in [4.69, 9.17) is 5.11 Å². The second-order valence-corrected chi connectivity index (χ2v) is 3.85. The summed E-state index contributed by atoms with van der Waals surface area (Å²) in [5, 5.41) is 8.47. The highest BCUT2D eigenvalue weighted by Gasteiger charge is 2.15. The molecular weight excluding hydrogens is 186 g/mol. The molecule has 0 aromatic rings. The quantitative estimate of drug-likeness (QED) is 0.633. The van der Waals surface area contributed by atoms with Crippen molar-refractivity contribution in [2.45, 2.75) is 31.9 Å². The van der Waals surface area contributed by atoms with Crippen LogP contribution in [0.4, 0.5) is 0 Å². The van der Waals surface area contributed by atoms with E-state index in [-0.39, 0.29) is 17.8 Å². The Morgan fingerprint density at radius 1 is 1.54 bits per heavy atom. The fourth-order valence-corrected chi connectivity index (χ4v) is 1.23. The lowest BCUT2D eigenvalue weighted by Gasteiger charge is -2.22. The molecule has 4 heteroatoms. The van der Waals surface area contributed by atoms with Gasteiger partial charge in [0, 0.05) is 13.1 Å². The van der Waals surface area contributed by atoms with Crippen LogP contribution in [-0.4, -0.2) is 40.9 Å². The van der Waals surface area contributed by atoms with Gasteiger partial charge in [-0.25, -0.2) is 0 Å². The van der Waals surface area contributed by atoms with Crippen LogP contribution in [-0.2, 0) is 4.79 Å². The van der Waals surface area contributed by atoms with Gasteiger partial charge in [0.2, 0.25) is 5.91 Å². The molecule has 3 nitrogen and oxygen atoms in total. The van der Waals surface area contributed by atoms with Crippen molar-refractivity contribution in [1.29, 1.82) is 0 Å². The van der Waals surface area contributed by atoms with Crippen LogP contribution in [0.1, 0.15) is 26.7 Å². The van der Waals surface area contributed by atoms with Crippen LogP contribution in [0.25, 0.3) is 0 Å². The molecule has 0 aliphatic carbocycles. The minimum Gasteiger partial charge on any atom is -0.395 e. The predicted molar refractivity (Wildman–Crippen MR) is 57.0 cm³/mol. The molecule has 78 valence electrons. The first-order valence-electron chi connectivity index (χ1n) is 4.71. The van der Waals surface area contributed by atoms with Crippen LogP contribution in [0.3, 0.4) is 0 Å². The number of nitrogens with zero attached hydrogens (tertiary/aromatic N) is 1. The summed E-state index contributed by atoms with van der Waals surface area (Å²) in [6.45, 7) is 4.99. The maximum atomic E-state index is 11.5. The number of hydrogen-bond acceptors (Lipinski definition) is 3. The molecule has 0 spiro atoms. The van der Waals surface area contributed by atoms with Gasteiger partial charge in [0.1, 0.15) is 0 Å². The lowest BCUT2D eigenvalue weighted by atomic mass is 10.3. The van der Waals surface area contributed by atoms with E-state index in [0.717, 1.165) is 19.4 Å². The fraction of sp³-hybridized carbons (Fsp3) is 0.889. The Hall–Kier alpha value is -0.220. The monoisotopic (exact) mass is 205 g/mol. The highest BCUT2D eigenvalue weighted by atomic mass is 32.1. The van der Waals surface area contributed by atoms with Crippen molar-refractivity contribution in [1.82, 2.24) is 4.90 Å². The molecule has 13 heavy (non-hydrogen) atoms. The summed E-state index contributed by atoms with van der Waals surface area (Å²) in [5.74, 6) is 0.00540. The van der Waals surface area contributed by atoms with Crippen molar-refractivity contribution >= 4 is 18.5 Å². The third-order valence-corrected chi connectivity index (χ3v) is 2.04. The van der Waals surface area contributed by atoms with Gasteiger partial charge in [0.15, 0.2) is 0 Å². The summed E-state index contributed by atoms with van der Waals surface area (Å²) in [4.78, 5) is 13.1. The number of aliphatic hydroxyl groups excluding tert-OH is 1. The second-order valence-electron chi connectivity index (χ2n) is 3.08. The van der Waals surface area contributed by atoms with Crippen LogP contribution < -0.4 is 0 Å². The lowest BCUT2D eigenvalue weighted by molar-refractivity contribution is -0.130. The zero-order valence-electron chi connectivity index (χ0n) is 8.36. The Labute approximate surface area is 85.5 Å². The van der Waals surface area contributed by atoms with E-state index in [9.17, 15) is 4.79 Å². The number of unbranched alkanes of at least 4 members (excludes halogenated alkanes) is 1. The molecule has 1 N–H and O–H groups in total. The van der Waals surface area contributed by atoms with Gasteiger partial charge in [-0.3, -0.25) is 4.79 Å². The average Bonchev–Trinajstić information content (AvgIpc) is 2.11. The molecule has 0 rings (SSSR count). The molecular formula is C9H19NO2S. The number of thiol groups is 1. The average molecular weight is 205 g/mol. The largest absolute Gasteiger partial charge is 0.395 e. The van der Waals surface area contributed by atoms with Crippen LogP contribution in [0.5, 0.6) is 0 Å². The number of amides is 1. The number of aliphatic hydroxyl groups is 1. The minimum atomic E-state index is -0.275. The van der Waals surface area contributed by atoms with Gasteiger partial charge in [-0.05, 0) is 13.3 Å². The molecule has 0 aromatic heterocycles. The smallest absolute Gasteiger partial charge is 0.235 e. The highest BCUT2D eigenvalue weighted by Crippen LogP contribution is 2.02. The summed E-state index contributed by atoms with van der Waals surface area (Å²) in [7, 11) is 0. The van der Waals surface area contributed by atoms with Crippen LogP contribution in [0.2, 0.25) is 0 Å². The van der Waals surface area contributed by atoms with E-state index in [1.54, 1.807) is 11.8 Å². The lowest BCUT2D eigenvalue weighted by Crippen LogP contribution is -2.38. The van der Waals surface area contributed by atoms with Gasteiger partial charge in [0.05, 0.1) is 11.9 Å². The Bertz CT molecular complexity index is 151. The molecule has 0 aliphatic heterocycles. The number of rotatable bonds is 6. The normalized spacial score (nSPS) is 12.6. The summed E-state index contributed by atoms with van der Waals surface area (Å²) in [5.41, 5.74) is 0. The van der Waals surface area contributed by atoms with Crippen molar-refractivity contribution in [3.63, 3.8) is 0 Å². The molecule has 1 amide bonds. The Balaban J connectivity index is 3.99. The molecule has 0 radical (unpaired) electrons. The van der Waals surface area contributed by atoms with Crippen molar-refractivity contribution < 1.29 is 9.90 Å². The van der Waals surface area contributed by atoms with Gasteiger partial charge < -0.3 is 10.0 Å². The number of hydrogen-bond donors (Lipinski definition) is 2. The van der Waals surface area contributed by atoms with Crippen molar-refractivity contribution in [2.75, 3.05) is 19.7 Å². The molecule has 0 fully saturated rings. The molecule has 0 bridgehead atoms. The molecule has 0 heterocycles. The third kappa shape index (κ3) is 5.16. The highest BCUT2D eigenvalue weighted by molar-refractivity contribution is 7.81.